The molecule has 0 bridgehead atoms. The van der Waals surface area contributed by atoms with Crippen LogP contribution in [0, 0.1) is 0 Å². The Balaban J connectivity index is 1.86. The van der Waals surface area contributed by atoms with Crippen LogP contribution in [-0.2, 0) is 0 Å². The Labute approximate surface area is 128 Å². The van der Waals surface area contributed by atoms with Gasteiger partial charge in [-0.2, -0.15) is 0 Å². The first kappa shape index (κ1) is 13.1. The molecule has 21 heavy (non-hydrogen) atoms. The number of para-hydroxylation sites is 1. The van der Waals surface area contributed by atoms with Gasteiger partial charge in [-0.3, -0.25) is 4.90 Å². The average Bonchev–Trinajstić information content (AvgIpc) is 3.08. The minimum atomic E-state index is -0.0479. The number of nitrogens with zero attached hydrogens (tertiary/aromatic N) is 3. The molecule has 1 aromatic carbocycles. The number of fused-ring (bicyclic) bond motifs is 3. The van der Waals surface area contributed by atoms with Crippen LogP contribution < -0.4 is 4.74 Å². The van der Waals surface area contributed by atoms with E-state index in [1.807, 2.05) is 30.7 Å². The standard InChI is InChI=1S/C16H17N3OS/c1-21-16-17-10-12-14(18-16)11-6-2-3-7-13(11)20-15(12)19-8-4-5-9-19/h2-3,6-7,10,15H,4-5,8-9H2,1H3/t15-/m0/s1. The third-order valence-electron chi connectivity index (χ3n) is 4.10. The largest absolute Gasteiger partial charge is 0.470 e. The van der Waals surface area contributed by atoms with Crippen molar-refractivity contribution >= 4 is 11.8 Å². The molecular weight excluding hydrogens is 282 g/mol. The van der Waals surface area contributed by atoms with Crippen molar-refractivity contribution in [2.45, 2.75) is 24.2 Å². The average molecular weight is 299 g/mol. The van der Waals surface area contributed by atoms with Crippen LogP contribution in [0.15, 0.2) is 35.6 Å². The summed E-state index contributed by atoms with van der Waals surface area (Å²) in [7, 11) is 0. The fourth-order valence-corrected chi connectivity index (χ4v) is 3.41. The number of hydrogen-bond donors (Lipinski definition) is 0. The highest BCUT2D eigenvalue weighted by molar-refractivity contribution is 7.98. The van der Waals surface area contributed by atoms with Crippen molar-refractivity contribution < 1.29 is 4.74 Å². The second-order valence-electron chi connectivity index (χ2n) is 5.37. The Morgan fingerprint density at radius 1 is 1.24 bits per heavy atom. The Morgan fingerprint density at radius 2 is 2.05 bits per heavy atom. The zero-order chi connectivity index (χ0) is 14.2. The highest BCUT2D eigenvalue weighted by Crippen LogP contribution is 2.43. The molecule has 2 aliphatic heterocycles. The molecule has 108 valence electrons. The maximum absolute atomic E-state index is 6.25. The summed E-state index contributed by atoms with van der Waals surface area (Å²) in [5, 5.41) is 0.811. The summed E-state index contributed by atoms with van der Waals surface area (Å²) < 4.78 is 6.25. The van der Waals surface area contributed by atoms with E-state index in [-0.39, 0.29) is 6.23 Å². The lowest BCUT2D eigenvalue weighted by molar-refractivity contribution is 0.0391. The number of benzene rings is 1. The van der Waals surface area contributed by atoms with E-state index in [1.165, 1.54) is 12.8 Å². The molecule has 0 unspecified atom stereocenters. The first-order valence-corrected chi connectivity index (χ1v) is 8.50. The van der Waals surface area contributed by atoms with Crippen LogP contribution in [0.3, 0.4) is 0 Å². The molecule has 2 aromatic rings. The highest BCUT2D eigenvalue weighted by atomic mass is 32.2. The van der Waals surface area contributed by atoms with Crippen molar-refractivity contribution in [3.63, 3.8) is 0 Å². The van der Waals surface area contributed by atoms with Gasteiger partial charge in [0, 0.05) is 24.8 Å². The predicted octanol–water partition coefficient (Wildman–Crippen LogP) is 3.35. The lowest BCUT2D eigenvalue weighted by Crippen LogP contribution is -2.32. The number of thioether (sulfide) groups is 1. The van der Waals surface area contributed by atoms with Crippen LogP contribution in [-0.4, -0.2) is 34.2 Å². The van der Waals surface area contributed by atoms with Crippen molar-refractivity contribution in [1.29, 1.82) is 0 Å². The summed E-state index contributed by atoms with van der Waals surface area (Å²) in [6.45, 7) is 2.16. The first-order chi connectivity index (χ1) is 10.4. The van der Waals surface area contributed by atoms with E-state index in [0.29, 0.717) is 0 Å². The second kappa shape index (κ2) is 5.31. The topological polar surface area (TPSA) is 38.3 Å². The molecule has 1 saturated heterocycles. The molecule has 0 aliphatic carbocycles. The molecule has 1 atom stereocenters. The highest BCUT2D eigenvalue weighted by Gasteiger charge is 2.33. The maximum Gasteiger partial charge on any atom is 0.187 e. The quantitative estimate of drug-likeness (QED) is 0.628. The van der Waals surface area contributed by atoms with Crippen molar-refractivity contribution in [3.8, 4) is 17.0 Å². The minimum Gasteiger partial charge on any atom is -0.470 e. The van der Waals surface area contributed by atoms with Gasteiger partial charge >= 0.3 is 0 Å². The molecule has 5 heteroatoms. The molecule has 0 spiro atoms. The van der Waals surface area contributed by atoms with Gasteiger partial charge in [0.05, 0.1) is 11.3 Å². The van der Waals surface area contributed by atoms with Gasteiger partial charge in [-0.1, -0.05) is 23.9 Å². The molecule has 0 amide bonds. The van der Waals surface area contributed by atoms with Crippen molar-refractivity contribution in [2.75, 3.05) is 19.3 Å². The zero-order valence-corrected chi connectivity index (χ0v) is 12.8. The Hall–Kier alpha value is -1.59. The summed E-state index contributed by atoms with van der Waals surface area (Å²) in [6.07, 6.45) is 6.37. The van der Waals surface area contributed by atoms with Crippen LogP contribution in [0.1, 0.15) is 24.6 Å². The monoisotopic (exact) mass is 299 g/mol. The van der Waals surface area contributed by atoms with Crippen LogP contribution in [0.25, 0.3) is 11.3 Å². The van der Waals surface area contributed by atoms with Gasteiger partial charge in [0.1, 0.15) is 5.75 Å². The van der Waals surface area contributed by atoms with Crippen LogP contribution in [0.2, 0.25) is 0 Å². The van der Waals surface area contributed by atoms with Gasteiger partial charge in [0.15, 0.2) is 11.4 Å². The van der Waals surface area contributed by atoms with Gasteiger partial charge in [-0.05, 0) is 31.2 Å². The Morgan fingerprint density at radius 3 is 2.86 bits per heavy atom. The third kappa shape index (κ3) is 2.21. The van der Waals surface area contributed by atoms with Gasteiger partial charge in [0.25, 0.3) is 0 Å². The van der Waals surface area contributed by atoms with E-state index >= 15 is 0 Å². The fraction of sp³-hybridized carbons (Fsp3) is 0.375. The van der Waals surface area contributed by atoms with Crippen molar-refractivity contribution in [2.24, 2.45) is 0 Å². The normalized spacial score (nSPS) is 20.7. The first-order valence-electron chi connectivity index (χ1n) is 7.28. The number of likely N-dealkylation sites (tertiary alicyclic amines) is 1. The Bertz CT molecular complexity index is 670. The molecule has 2 aliphatic rings. The summed E-state index contributed by atoms with van der Waals surface area (Å²) in [5.41, 5.74) is 3.18. The van der Waals surface area contributed by atoms with Crippen molar-refractivity contribution in [3.05, 3.63) is 36.0 Å². The lowest BCUT2D eigenvalue weighted by atomic mass is 10.0. The third-order valence-corrected chi connectivity index (χ3v) is 4.66. The maximum atomic E-state index is 6.25. The van der Waals surface area contributed by atoms with E-state index in [1.54, 1.807) is 11.8 Å². The van der Waals surface area contributed by atoms with Crippen molar-refractivity contribution in [1.82, 2.24) is 14.9 Å². The molecule has 1 aromatic heterocycles. The van der Waals surface area contributed by atoms with Crippen LogP contribution >= 0.6 is 11.8 Å². The number of hydrogen-bond acceptors (Lipinski definition) is 5. The smallest absolute Gasteiger partial charge is 0.187 e. The summed E-state index contributed by atoms with van der Waals surface area (Å²) in [6, 6.07) is 8.15. The summed E-state index contributed by atoms with van der Waals surface area (Å²) in [5.74, 6) is 0.924. The SMILES string of the molecule is CSc1ncc2c(n1)-c1ccccc1O[C@@H]2N1CCCC1. The molecule has 1 fully saturated rings. The number of aromatic nitrogens is 2. The van der Waals surface area contributed by atoms with E-state index in [9.17, 15) is 0 Å². The summed E-state index contributed by atoms with van der Waals surface area (Å²) >= 11 is 1.57. The molecular formula is C16H17N3OS. The molecule has 4 nitrogen and oxygen atoms in total. The molecule has 4 rings (SSSR count). The van der Waals surface area contributed by atoms with Crippen LogP contribution in [0.5, 0.6) is 5.75 Å². The van der Waals surface area contributed by atoms with Gasteiger partial charge in [0.2, 0.25) is 0 Å². The molecule has 0 radical (unpaired) electrons. The minimum absolute atomic E-state index is 0.0479. The van der Waals surface area contributed by atoms with E-state index in [4.69, 9.17) is 9.72 Å². The Kier molecular flexibility index (Phi) is 3.31. The fourth-order valence-electron chi connectivity index (χ4n) is 3.07. The number of rotatable bonds is 2. The van der Waals surface area contributed by atoms with Gasteiger partial charge in [-0.15, -0.1) is 0 Å². The van der Waals surface area contributed by atoms with Gasteiger partial charge < -0.3 is 4.74 Å². The number of ether oxygens (including phenoxy) is 1. The van der Waals surface area contributed by atoms with E-state index < -0.39 is 0 Å². The second-order valence-corrected chi connectivity index (χ2v) is 6.14. The van der Waals surface area contributed by atoms with Crippen LogP contribution in [0.4, 0.5) is 0 Å². The van der Waals surface area contributed by atoms with E-state index in [0.717, 1.165) is 40.8 Å². The predicted molar refractivity (Wildman–Crippen MR) is 83.4 cm³/mol. The summed E-state index contributed by atoms with van der Waals surface area (Å²) in [4.78, 5) is 11.6. The van der Waals surface area contributed by atoms with E-state index in [2.05, 4.69) is 16.0 Å². The van der Waals surface area contributed by atoms with Gasteiger partial charge in [-0.25, -0.2) is 9.97 Å². The molecule has 0 N–H and O–H groups in total. The molecule has 3 heterocycles. The molecule has 0 saturated carbocycles. The zero-order valence-electron chi connectivity index (χ0n) is 12.0. The lowest BCUT2D eigenvalue weighted by Gasteiger charge is -2.33.